The zero-order valence-corrected chi connectivity index (χ0v) is 20.4. The monoisotopic (exact) mass is 516 g/mol. The van der Waals surface area contributed by atoms with Crippen LogP contribution in [0.3, 0.4) is 0 Å². The molecule has 1 aromatic heterocycles. The largest absolute Gasteiger partial charge is 0.435 e. The van der Waals surface area contributed by atoms with Crippen LogP contribution in [0, 0.1) is 5.82 Å². The molecular formula is C27H24ClF3N2O3. The Balaban J connectivity index is 1.75. The van der Waals surface area contributed by atoms with E-state index in [1.54, 1.807) is 29.2 Å². The number of hydrogen-bond acceptors (Lipinski definition) is 3. The van der Waals surface area contributed by atoms with E-state index in [4.69, 9.17) is 16.3 Å². The number of amides is 1. The second-order valence-corrected chi connectivity index (χ2v) is 8.41. The highest BCUT2D eigenvalue weighted by molar-refractivity contribution is 6.31. The Morgan fingerprint density at radius 3 is 2.39 bits per heavy atom. The Labute approximate surface area is 211 Å². The van der Waals surface area contributed by atoms with Crippen molar-refractivity contribution >= 4 is 28.6 Å². The Morgan fingerprint density at radius 2 is 1.75 bits per heavy atom. The van der Waals surface area contributed by atoms with E-state index in [1.165, 1.54) is 24.3 Å². The van der Waals surface area contributed by atoms with Crippen LogP contribution in [-0.2, 0) is 6.54 Å². The molecule has 0 N–H and O–H groups in total. The lowest BCUT2D eigenvalue weighted by atomic mass is 10.0. The minimum absolute atomic E-state index is 0.0453. The van der Waals surface area contributed by atoms with Crippen molar-refractivity contribution in [2.45, 2.75) is 27.0 Å². The standard InChI is InChI=1S/C27H24ClF3N2O3/c1-3-32(4-2)27(34)36-24-12-11-23-20(25(24)18-7-10-22(29)21(28)15-18)13-14-33(23)16-17-5-8-19(9-6-17)35-26(30)31/h5-15,26H,3-4,16H2,1-2H3. The maximum Gasteiger partial charge on any atom is 0.415 e. The van der Waals surface area contributed by atoms with E-state index in [0.717, 1.165) is 16.5 Å². The number of aromatic nitrogens is 1. The highest BCUT2D eigenvalue weighted by Gasteiger charge is 2.20. The van der Waals surface area contributed by atoms with Crippen LogP contribution in [-0.4, -0.2) is 35.3 Å². The molecule has 0 aliphatic rings. The minimum Gasteiger partial charge on any atom is -0.435 e. The molecule has 0 saturated carbocycles. The number of fused-ring (bicyclic) bond motifs is 1. The third-order valence-electron chi connectivity index (χ3n) is 5.84. The van der Waals surface area contributed by atoms with Gasteiger partial charge in [-0.1, -0.05) is 29.8 Å². The van der Waals surface area contributed by atoms with Gasteiger partial charge in [-0.05, 0) is 67.4 Å². The summed E-state index contributed by atoms with van der Waals surface area (Å²) in [6, 6.07) is 16.2. The molecule has 0 radical (unpaired) electrons. The van der Waals surface area contributed by atoms with Crippen LogP contribution >= 0.6 is 11.6 Å². The SMILES string of the molecule is CCN(CC)C(=O)Oc1ccc2c(ccn2Cc2ccc(OC(F)F)cc2)c1-c1ccc(F)c(Cl)c1. The fourth-order valence-electron chi connectivity index (χ4n) is 4.04. The number of carbonyl (C=O) groups excluding carboxylic acids is 1. The predicted molar refractivity (Wildman–Crippen MR) is 133 cm³/mol. The molecule has 36 heavy (non-hydrogen) atoms. The summed E-state index contributed by atoms with van der Waals surface area (Å²) in [4.78, 5) is 14.3. The van der Waals surface area contributed by atoms with Gasteiger partial charge in [0.05, 0.1) is 5.02 Å². The molecule has 9 heteroatoms. The fraction of sp³-hybridized carbons (Fsp3) is 0.222. The van der Waals surface area contributed by atoms with Crippen LogP contribution in [0.5, 0.6) is 11.5 Å². The first-order chi connectivity index (χ1) is 17.3. The first-order valence-corrected chi connectivity index (χ1v) is 11.8. The third kappa shape index (κ3) is 5.44. The maximum absolute atomic E-state index is 13.9. The van der Waals surface area contributed by atoms with Crippen molar-refractivity contribution < 1.29 is 27.4 Å². The third-order valence-corrected chi connectivity index (χ3v) is 6.13. The lowest BCUT2D eigenvalue weighted by molar-refractivity contribution is -0.0498. The minimum atomic E-state index is -2.88. The highest BCUT2D eigenvalue weighted by atomic mass is 35.5. The first kappa shape index (κ1) is 25.4. The van der Waals surface area contributed by atoms with Gasteiger partial charge in [-0.2, -0.15) is 8.78 Å². The first-order valence-electron chi connectivity index (χ1n) is 11.4. The summed E-state index contributed by atoms with van der Waals surface area (Å²) < 4.78 is 50.9. The number of benzene rings is 3. The molecule has 0 saturated heterocycles. The number of nitrogens with zero attached hydrogens (tertiary/aromatic N) is 2. The number of rotatable bonds is 8. The van der Waals surface area contributed by atoms with Crippen LogP contribution in [0.1, 0.15) is 19.4 Å². The van der Waals surface area contributed by atoms with Crippen molar-refractivity contribution in [3.63, 3.8) is 0 Å². The normalized spacial score (nSPS) is 11.2. The molecule has 4 rings (SSSR count). The molecule has 0 fully saturated rings. The summed E-state index contributed by atoms with van der Waals surface area (Å²) in [5.74, 6) is -0.138. The van der Waals surface area contributed by atoms with Gasteiger partial charge in [-0.3, -0.25) is 0 Å². The Morgan fingerprint density at radius 1 is 1.03 bits per heavy atom. The van der Waals surface area contributed by atoms with Gasteiger partial charge in [-0.15, -0.1) is 0 Å². The lowest BCUT2D eigenvalue weighted by Gasteiger charge is -2.20. The summed E-state index contributed by atoms with van der Waals surface area (Å²) in [7, 11) is 0. The molecule has 1 heterocycles. The number of carbonyl (C=O) groups is 1. The predicted octanol–water partition coefficient (Wildman–Crippen LogP) is 7.59. The highest BCUT2D eigenvalue weighted by Crippen LogP contribution is 2.39. The molecular weight excluding hydrogens is 493 g/mol. The maximum atomic E-state index is 13.9. The van der Waals surface area contributed by atoms with Crippen molar-refractivity contribution in [3.05, 3.63) is 83.3 Å². The van der Waals surface area contributed by atoms with Gasteiger partial charge >= 0.3 is 12.7 Å². The molecule has 1 amide bonds. The summed E-state index contributed by atoms with van der Waals surface area (Å²) >= 11 is 6.07. The van der Waals surface area contributed by atoms with Crippen LogP contribution in [0.4, 0.5) is 18.0 Å². The van der Waals surface area contributed by atoms with E-state index in [-0.39, 0.29) is 10.8 Å². The molecule has 0 spiro atoms. The van der Waals surface area contributed by atoms with Crippen molar-refractivity contribution in [3.8, 4) is 22.6 Å². The van der Waals surface area contributed by atoms with Gasteiger partial charge < -0.3 is 18.9 Å². The Bertz CT molecular complexity index is 1370. The number of halogens is 4. The average Bonchev–Trinajstić information content (AvgIpc) is 3.25. The van der Waals surface area contributed by atoms with Crippen LogP contribution in [0.2, 0.25) is 5.02 Å². The van der Waals surface area contributed by atoms with Crippen molar-refractivity contribution in [1.82, 2.24) is 9.47 Å². The van der Waals surface area contributed by atoms with Crippen molar-refractivity contribution in [2.24, 2.45) is 0 Å². The van der Waals surface area contributed by atoms with E-state index in [1.807, 2.05) is 36.7 Å². The van der Waals surface area contributed by atoms with Crippen LogP contribution in [0.25, 0.3) is 22.0 Å². The summed E-state index contributed by atoms with van der Waals surface area (Å²) in [5.41, 5.74) is 2.91. The molecule has 0 unspecified atom stereocenters. The van der Waals surface area contributed by atoms with Gasteiger partial charge in [0.2, 0.25) is 0 Å². The molecule has 0 bridgehead atoms. The number of hydrogen-bond donors (Lipinski definition) is 0. The molecule has 188 valence electrons. The molecule has 0 atom stereocenters. The number of alkyl halides is 2. The van der Waals surface area contributed by atoms with Gasteiger partial charge in [0.15, 0.2) is 0 Å². The Hall–Kier alpha value is -3.65. The van der Waals surface area contributed by atoms with E-state index in [2.05, 4.69) is 4.74 Å². The second kappa shape index (κ2) is 11.0. The lowest BCUT2D eigenvalue weighted by Crippen LogP contribution is -2.33. The summed E-state index contributed by atoms with van der Waals surface area (Å²) in [6.07, 6.45) is 1.39. The van der Waals surface area contributed by atoms with E-state index in [9.17, 15) is 18.0 Å². The second-order valence-electron chi connectivity index (χ2n) is 8.01. The van der Waals surface area contributed by atoms with Crippen molar-refractivity contribution in [2.75, 3.05) is 13.1 Å². The molecule has 3 aromatic carbocycles. The topological polar surface area (TPSA) is 43.7 Å². The molecule has 0 aliphatic heterocycles. The van der Waals surface area contributed by atoms with Gasteiger partial charge in [-0.25, -0.2) is 9.18 Å². The average molecular weight is 517 g/mol. The van der Waals surface area contributed by atoms with E-state index < -0.39 is 18.5 Å². The zero-order valence-electron chi connectivity index (χ0n) is 19.7. The van der Waals surface area contributed by atoms with Gasteiger partial charge in [0.25, 0.3) is 0 Å². The van der Waals surface area contributed by atoms with E-state index >= 15 is 0 Å². The Kier molecular flexibility index (Phi) is 7.74. The van der Waals surface area contributed by atoms with E-state index in [0.29, 0.717) is 36.5 Å². The van der Waals surface area contributed by atoms with Crippen LogP contribution in [0.15, 0.2) is 66.9 Å². The fourth-order valence-corrected chi connectivity index (χ4v) is 4.22. The zero-order chi connectivity index (χ0) is 25.8. The van der Waals surface area contributed by atoms with Gasteiger partial charge in [0.1, 0.15) is 17.3 Å². The van der Waals surface area contributed by atoms with Gasteiger partial charge in [0, 0.05) is 42.3 Å². The molecule has 4 aromatic rings. The molecule has 0 aliphatic carbocycles. The summed E-state index contributed by atoms with van der Waals surface area (Å²) in [6.45, 7) is 2.29. The van der Waals surface area contributed by atoms with Crippen molar-refractivity contribution in [1.29, 1.82) is 0 Å². The smallest absolute Gasteiger partial charge is 0.415 e. The summed E-state index contributed by atoms with van der Waals surface area (Å²) in [5, 5.41) is 0.733. The number of ether oxygens (including phenoxy) is 2. The quantitative estimate of drug-likeness (QED) is 0.242. The van der Waals surface area contributed by atoms with Crippen LogP contribution < -0.4 is 9.47 Å². The molecule has 5 nitrogen and oxygen atoms in total.